The SMILES string of the molecule is C=CCN(CC(=O)N(CCc1ccc(OC)c(OC)c1)Cc1sccc1C)C(=O)C(Cl)Cl. The van der Waals surface area contributed by atoms with Crippen molar-refractivity contribution in [3.8, 4) is 11.5 Å². The lowest BCUT2D eigenvalue weighted by Crippen LogP contribution is -2.45. The molecule has 9 heteroatoms. The van der Waals surface area contributed by atoms with Gasteiger partial charge in [0.1, 0.15) is 6.54 Å². The number of halogens is 2. The van der Waals surface area contributed by atoms with Crippen molar-refractivity contribution in [2.24, 2.45) is 0 Å². The molecule has 0 saturated heterocycles. The maximum Gasteiger partial charge on any atom is 0.256 e. The first-order valence-corrected chi connectivity index (χ1v) is 11.7. The molecule has 0 radical (unpaired) electrons. The number of ether oxygens (including phenoxy) is 2. The highest BCUT2D eigenvalue weighted by atomic mass is 35.5. The van der Waals surface area contributed by atoms with Crippen LogP contribution in [-0.4, -0.2) is 60.3 Å². The van der Waals surface area contributed by atoms with Crippen LogP contribution in [0.4, 0.5) is 0 Å². The molecule has 0 saturated carbocycles. The van der Waals surface area contributed by atoms with Gasteiger partial charge in [-0.1, -0.05) is 35.3 Å². The molecule has 0 unspecified atom stereocenters. The van der Waals surface area contributed by atoms with E-state index in [0.717, 1.165) is 16.0 Å². The summed E-state index contributed by atoms with van der Waals surface area (Å²) >= 11 is 13.1. The highest BCUT2D eigenvalue weighted by Crippen LogP contribution is 2.28. The summed E-state index contributed by atoms with van der Waals surface area (Å²) in [5, 5.41) is 2.00. The second-order valence-electron chi connectivity index (χ2n) is 7.09. The van der Waals surface area contributed by atoms with Gasteiger partial charge >= 0.3 is 0 Å². The van der Waals surface area contributed by atoms with Gasteiger partial charge in [0.05, 0.1) is 20.8 Å². The van der Waals surface area contributed by atoms with E-state index in [1.165, 1.54) is 4.90 Å². The Kier molecular flexibility index (Phi) is 10.4. The number of thiophene rings is 1. The quantitative estimate of drug-likeness (QED) is 0.320. The zero-order valence-corrected chi connectivity index (χ0v) is 20.8. The van der Waals surface area contributed by atoms with Crippen LogP contribution in [0.2, 0.25) is 0 Å². The van der Waals surface area contributed by atoms with Crippen LogP contribution in [0.25, 0.3) is 0 Å². The van der Waals surface area contributed by atoms with Gasteiger partial charge in [-0.3, -0.25) is 9.59 Å². The molecule has 0 aliphatic heterocycles. The molecule has 2 rings (SSSR count). The molecule has 0 N–H and O–H groups in total. The van der Waals surface area contributed by atoms with Crippen LogP contribution < -0.4 is 9.47 Å². The topological polar surface area (TPSA) is 59.1 Å². The molecule has 2 aromatic rings. The number of hydrogen-bond donors (Lipinski definition) is 0. The van der Waals surface area contributed by atoms with Crippen molar-refractivity contribution in [3.05, 3.63) is 58.3 Å². The van der Waals surface area contributed by atoms with E-state index >= 15 is 0 Å². The lowest BCUT2D eigenvalue weighted by atomic mass is 10.1. The van der Waals surface area contributed by atoms with E-state index in [4.69, 9.17) is 32.7 Å². The number of hydrogen-bond acceptors (Lipinski definition) is 5. The van der Waals surface area contributed by atoms with Crippen molar-refractivity contribution in [1.82, 2.24) is 9.80 Å². The fraction of sp³-hybridized carbons (Fsp3) is 0.391. The molecule has 32 heavy (non-hydrogen) atoms. The molecular formula is C23H28Cl2N2O4S. The smallest absolute Gasteiger partial charge is 0.256 e. The van der Waals surface area contributed by atoms with Crippen LogP contribution in [-0.2, 0) is 22.6 Å². The first kappa shape index (κ1) is 26.0. The second-order valence-corrected chi connectivity index (χ2v) is 9.19. The molecule has 0 aliphatic carbocycles. The molecule has 0 atom stereocenters. The minimum Gasteiger partial charge on any atom is -0.493 e. The number of rotatable bonds is 12. The number of alkyl halides is 2. The Morgan fingerprint density at radius 3 is 2.44 bits per heavy atom. The second kappa shape index (κ2) is 12.7. The minimum absolute atomic E-state index is 0.128. The van der Waals surface area contributed by atoms with Gasteiger partial charge in [-0.05, 0) is 48.1 Å². The third-order valence-corrected chi connectivity index (χ3v) is 6.33. The number of methoxy groups -OCH3 is 2. The standard InChI is InChI=1S/C23H28Cl2N2O4S/c1-5-10-27(23(29)22(24)25)15-21(28)26(14-20-16(2)9-12-32-20)11-8-17-6-7-18(30-3)19(13-17)31-4/h5-7,9,12-13,22H,1,8,10-11,14-15H2,2-4H3. The van der Waals surface area contributed by atoms with Crippen molar-refractivity contribution in [1.29, 1.82) is 0 Å². The number of amides is 2. The number of aryl methyl sites for hydroxylation is 1. The normalized spacial score (nSPS) is 10.7. The van der Waals surface area contributed by atoms with E-state index in [-0.39, 0.29) is 19.0 Å². The molecule has 1 aromatic carbocycles. The van der Waals surface area contributed by atoms with Gasteiger partial charge < -0.3 is 19.3 Å². The van der Waals surface area contributed by atoms with Crippen molar-refractivity contribution in [2.45, 2.75) is 24.7 Å². The molecular weight excluding hydrogens is 471 g/mol. The summed E-state index contributed by atoms with van der Waals surface area (Å²) < 4.78 is 10.7. The fourth-order valence-corrected chi connectivity index (χ4v) is 4.32. The van der Waals surface area contributed by atoms with Crippen LogP contribution in [0.5, 0.6) is 11.5 Å². The molecule has 0 spiro atoms. The maximum absolute atomic E-state index is 13.2. The highest BCUT2D eigenvalue weighted by molar-refractivity contribution is 7.10. The van der Waals surface area contributed by atoms with Gasteiger partial charge in [-0.2, -0.15) is 0 Å². The van der Waals surface area contributed by atoms with E-state index in [1.54, 1.807) is 36.5 Å². The van der Waals surface area contributed by atoms with E-state index in [0.29, 0.717) is 31.0 Å². The molecule has 1 aromatic heterocycles. The third kappa shape index (κ3) is 7.15. The monoisotopic (exact) mass is 498 g/mol. The third-order valence-electron chi connectivity index (χ3n) is 4.95. The Labute approximate surface area is 203 Å². The molecule has 1 heterocycles. The largest absolute Gasteiger partial charge is 0.493 e. The van der Waals surface area contributed by atoms with Gasteiger partial charge in [-0.15, -0.1) is 17.9 Å². The average molecular weight is 499 g/mol. The maximum atomic E-state index is 13.2. The van der Waals surface area contributed by atoms with Crippen molar-refractivity contribution >= 4 is 46.4 Å². The molecule has 6 nitrogen and oxygen atoms in total. The van der Waals surface area contributed by atoms with Crippen LogP contribution in [0.15, 0.2) is 42.3 Å². The first-order valence-electron chi connectivity index (χ1n) is 10.00. The van der Waals surface area contributed by atoms with Gasteiger partial charge in [0.25, 0.3) is 5.91 Å². The predicted molar refractivity (Wildman–Crippen MR) is 130 cm³/mol. The number of benzene rings is 1. The lowest BCUT2D eigenvalue weighted by molar-refractivity contribution is -0.139. The Morgan fingerprint density at radius 2 is 1.88 bits per heavy atom. The summed E-state index contributed by atoms with van der Waals surface area (Å²) in [7, 11) is 3.17. The van der Waals surface area contributed by atoms with E-state index < -0.39 is 10.7 Å². The molecule has 0 bridgehead atoms. The lowest BCUT2D eigenvalue weighted by Gasteiger charge is -2.27. The van der Waals surface area contributed by atoms with E-state index in [9.17, 15) is 9.59 Å². The number of carbonyl (C=O) groups excluding carboxylic acids is 2. The predicted octanol–water partition coefficient (Wildman–Crippen LogP) is 4.46. The van der Waals surface area contributed by atoms with E-state index in [2.05, 4.69) is 6.58 Å². The van der Waals surface area contributed by atoms with Crippen molar-refractivity contribution in [2.75, 3.05) is 33.9 Å². The summed E-state index contributed by atoms with van der Waals surface area (Å²) in [5.74, 6) is 0.569. The highest BCUT2D eigenvalue weighted by Gasteiger charge is 2.25. The summed E-state index contributed by atoms with van der Waals surface area (Å²) in [5.41, 5.74) is 2.13. The molecule has 0 fully saturated rings. The van der Waals surface area contributed by atoms with Crippen LogP contribution in [0, 0.1) is 6.92 Å². The Balaban J connectivity index is 2.20. The molecule has 2 amide bonds. The van der Waals surface area contributed by atoms with E-state index in [1.807, 2.05) is 36.6 Å². The average Bonchev–Trinajstić information content (AvgIpc) is 3.19. The van der Waals surface area contributed by atoms with Crippen molar-refractivity contribution < 1.29 is 19.1 Å². The Hall–Kier alpha value is -2.22. The van der Waals surface area contributed by atoms with Gasteiger partial charge in [0.15, 0.2) is 16.3 Å². The first-order chi connectivity index (χ1) is 15.3. The van der Waals surface area contributed by atoms with Gasteiger partial charge in [0, 0.05) is 18.0 Å². The number of carbonyl (C=O) groups is 2. The minimum atomic E-state index is -1.23. The summed E-state index contributed by atoms with van der Waals surface area (Å²) in [4.78, 5) is 28.4. The van der Waals surface area contributed by atoms with Crippen LogP contribution >= 0.6 is 34.5 Å². The summed E-state index contributed by atoms with van der Waals surface area (Å²) in [6.07, 6.45) is 2.15. The molecule has 0 aliphatic rings. The van der Waals surface area contributed by atoms with Crippen LogP contribution in [0.3, 0.4) is 0 Å². The Morgan fingerprint density at radius 1 is 1.16 bits per heavy atom. The van der Waals surface area contributed by atoms with Crippen molar-refractivity contribution in [3.63, 3.8) is 0 Å². The number of nitrogens with zero attached hydrogens (tertiary/aromatic N) is 2. The zero-order valence-electron chi connectivity index (χ0n) is 18.5. The Bertz CT molecular complexity index is 932. The van der Waals surface area contributed by atoms with Crippen LogP contribution in [0.1, 0.15) is 16.0 Å². The fourth-order valence-electron chi connectivity index (χ4n) is 3.12. The van der Waals surface area contributed by atoms with Gasteiger partial charge in [0.2, 0.25) is 5.91 Å². The van der Waals surface area contributed by atoms with Gasteiger partial charge in [-0.25, -0.2) is 0 Å². The summed E-state index contributed by atoms with van der Waals surface area (Å²) in [6.45, 7) is 6.64. The molecule has 174 valence electrons. The summed E-state index contributed by atoms with van der Waals surface area (Å²) in [6, 6.07) is 7.71. The zero-order chi connectivity index (χ0) is 23.7.